The Kier molecular flexibility index (Phi) is 5.97. The predicted octanol–water partition coefficient (Wildman–Crippen LogP) is 3.26. The summed E-state index contributed by atoms with van der Waals surface area (Å²) in [4.78, 5) is 38.7. The summed E-state index contributed by atoms with van der Waals surface area (Å²) in [6, 6.07) is 5.69. The van der Waals surface area contributed by atoms with E-state index >= 15 is 0 Å². The van der Waals surface area contributed by atoms with Crippen LogP contribution in [0.2, 0.25) is 0 Å². The SMILES string of the molecule is CC(=O)c1c(C)[nH]c(C(=O)COC(=O)COc2c(C)cccc2C)c1C. The van der Waals surface area contributed by atoms with E-state index in [-0.39, 0.29) is 18.1 Å². The number of ether oxygens (including phenoxy) is 2. The Morgan fingerprint density at radius 2 is 1.62 bits per heavy atom. The Bertz CT molecular complexity index is 843. The number of benzene rings is 1. The number of ketones is 2. The molecule has 0 aliphatic heterocycles. The van der Waals surface area contributed by atoms with Crippen LogP contribution in [0.1, 0.15) is 50.2 Å². The molecule has 2 aromatic rings. The Morgan fingerprint density at radius 1 is 1.00 bits per heavy atom. The number of H-pyrrole nitrogens is 1. The Balaban J connectivity index is 1.94. The molecule has 0 bridgehead atoms. The highest BCUT2D eigenvalue weighted by Gasteiger charge is 2.21. The number of nitrogens with one attached hydrogen (secondary N) is 1. The molecule has 26 heavy (non-hydrogen) atoms. The third-order valence-electron chi connectivity index (χ3n) is 4.18. The van der Waals surface area contributed by atoms with Crippen molar-refractivity contribution in [2.75, 3.05) is 13.2 Å². The summed E-state index contributed by atoms with van der Waals surface area (Å²) in [6.07, 6.45) is 0. The first-order valence-corrected chi connectivity index (χ1v) is 8.30. The van der Waals surface area contributed by atoms with Crippen molar-refractivity contribution in [1.29, 1.82) is 0 Å². The molecule has 0 aliphatic rings. The van der Waals surface area contributed by atoms with Gasteiger partial charge in [-0.15, -0.1) is 0 Å². The van der Waals surface area contributed by atoms with Crippen molar-refractivity contribution < 1.29 is 23.9 Å². The smallest absolute Gasteiger partial charge is 0.344 e. The van der Waals surface area contributed by atoms with Crippen molar-refractivity contribution in [2.45, 2.75) is 34.6 Å². The zero-order chi connectivity index (χ0) is 19.4. The lowest BCUT2D eigenvalue weighted by Crippen LogP contribution is -2.20. The number of rotatable bonds is 7. The minimum absolute atomic E-state index is 0.116. The van der Waals surface area contributed by atoms with E-state index in [4.69, 9.17) is 9.47 Å². The van der Waals surface area contributed by atoms with Gasteiger partial charge in [-0.1, -0.05) is 18.2 Å². The summed E-state index contributed by atoms with van der Waals surface area (Å²) in [6.45, 7) is 7.96. The Labute approximate surface area is 152 Å². The molecule has 1 heterocycles. The average Bonchev–Trinajstić information content (AvgIpc) is 2.86. The van der Waals surface area contributed by atoms with Crippen LogP contribution in [-0.4, -0.2) is 35.7 Å². The van der Waals surface area contributed by atoms with Crippen LogP contribution in [-0.2, 0) is 9.53 Å². The lowest BCUT2D eigenvalue weighted by atomic mass is 10.1. The van der Waals surface area contributed by atoms with Gasteiger partial charge in [0.05, 0.1) is 5.69 Å². The number of aromatic nitrogens is 1. The van der Waals surface area contributed by atoms with Gasteiger partial charge in [0, 0.05) is 11.3 Å². The molecule has 1 N–H and O–H groups in total. The van der Waals surface area contributed by atoms with Crippen LogP contribution in [0.25, 0.3) is 0 Å². The molecule has 6 nitrogen and oxygen atoms in total. The van der Waals surface area contributed by atoms with Gasteiger partial charge in [-0.3, -0.25) is 9.59 Å². The zero-order valence-electron chi connectivity index (χ0n) is 15.7. The van der Waals surface area contributed by atoms with Crippen molar-refractivity contribution in [3.63, 3.8) is 0 Å². The number of carbonyl (C=O) groups excluding carboxylic acids is 3. The molecule has 0 spiro atoms. The standard InChI is InChI=1S/C20H23NO5/c1-11-7-6-8-12(2)20(11)26-10-17(24)25-9-16(23)19-13(3)18(15(5)22)14(4)21-19/h6-8,21H,9-10H2,1-5H3. The van der Waals surface area contributed by atoms with Crippen LogP contribution in [0, 0.1) is 27.7 Å². The van der Waals surface area contributed by atoms with Gasteiger partial charge in [-0.2, -0.15) is 0 Å². The van der Waals surface area contributed by atoms with E-state index in [1.807, 2.05) is 32.0 Å². The third-order valence-corrected chi connectivity index (χ3v) is 4.18. The Hall–Kier alpha value is -2.89. The van der Waals surface area contributed by atoms with Crippen molar-refractivity contribution >= 4 is 17.5 Å². The highest BCUT2D eigenvalue weighted by Crippen LogP contribution is 2.22. The number of aryl methyl sites for hydroxylation is 3. The number of carbonyl (C=O) groups is 3. The van der Waals surface area contributed by atoms with Crippen LogP contribution in [0.4, 0.5) is 0 Å². The van der Waals surface area contributed by atoms with Gasteiger partial charge in [-0.05, 0) is 51.3 Å². The first-order valence-electron chi connectivity index (χ1n) is 8.30. The van der Waals surface area contributed by atoms with Crippen LogP contribution < -0.4 is 4.74 Å². The fraction of sp³-hybridized carbons (Fsp3) is 0.350. The van der Waals surface area contributed by atoms with Crippen molar-refractivity contribution in [1.82, 2.24) is 4.98 Å². The first-order chi connectivity index (χ1) is 12.2. The van der Waals surface area contributed by atoms with Crippen molar-refractivity contribution in [2.24, 2.45) is 0 Å². The van der Waals surface area contributed by atoms with Gasteiger partial charge >= 0.3 is 5.97 Å². The fourth-order valence-corrected chi connectivity index (χ4v) is 2.97. The lowest BCUT2D eigenvalue weighted by Gasteiger charge is -2.11. The number of para-hydroxylation sites is 1. The fourth-order valence-electron chi connectivity index (χ4n) is 2.97. The molecular formula is C20H23NO5. The monoisotopic (exact) mass is 357 g/mol. The molecule has 0 saturated heterocycles. The number of Topliss-reactive ketones (excluding diaryl/α,β-unsaturated/α-hetero) is 2. The minimum Gasteiger partial charge on any atom is -0.481 e. The van der Waals surface area contributed by atoms with Gasteiger partial charge in [0.25, 0.3) is 0 Å². The maximum absolute atomic E-state index is 12.3. The number of esters is 1. The predicted molar refractivity (Wildman–Crippen MR) is 97.0 cm³/mol. The van der Waals surface area contributed by atoms with Crippen LogP contribution in [0.15, 0.2) is 18.2 Å². The van der Waals surface area contributed by atoms with Gasteiger partial charge < -0.3 is 14.5 Å². The van der Waals surface area contributed by atoms with E-state index in [1.54, 1.807) is 13.8 Å². The third kappa shape index (κ3) is 4.20. The maximum atomic E-state index is 12.3. The molecule has 1 aromatic heterocycles. The largest absolute Gasteiger partial charge is 0.481 e. The Morgan fingerprint density at radius 3 is 2.15 bits per heavy atom. The zero-order valence-corrected chi connectivity index (χ0v) is 15.7. The number of aromatic amines is 1. The molecule has 0 radical (unpaired) electrons. The molecule has 0 aliphatic carbocycles. The minimum atomic E-state index is -0.631. The number of hydrogen-bond acceptors (Lipinski definition) is 5. The number of hydrogen-bond donors (Lipinski definition) is 1. The molecule has 0 unspecified atom stereocenters. The van der Waals surface area contributed by atoms with E-state index in [9.17, 15) is 14.4 Å². The van der Waals surface area contributed by atoms with Crippen molar-refractivity contribution in [3.8, 4) is 5.75 Å². The highest BCUT2D eigenvalue weighted by atomic mass is 16.6. The molecular weight excluding hydrogens is 334 g/mol. The lowest BCUT2D eigenvalue weighted by molar-refractivity contribution is -0.144. The second-order valence-corrected chi connectivity index (χ2v) is 6.27. The van der Waals surface area contributed by atoms with Crippen LogP contribution in [0.5, 0.6) is 5.75 Å². The van der Waals surface area contributed by atoms with Gasteiger partial charge in [0.2, 0.25) is 5.78 Å². The molecule has 138 valence electrons. The summed E-state index contributed by atoms with van der Waals surface area (Å²) in [5, 5.41) is 0. The quantitative estimate of drug-likeness (QED) is 0.607. The molecule has 2 rings (SSSR count). The summed E-state index contributed by atoms with van der Waals surface area (Å²) < 4.78 is 10.5. The molecule has 0 amide bonds. The van der Waals surface area contributed by atoms with Crippen LogP contribution in [0.3, 0.4) is 0 Å². The normalized spacial score (nSPS) is 10.5. The summed E-state index contributed by atoms with van der Waals surface area (Å²) in [5.41, 5.74) is 3.83. The van der Waals surface area contributed by atoms with Gasteiger partial charge in [0.1, 0.15) is 5.75 Å². The molecule has 1 aromatic carbocycles. The van der Waals surface area contributed by atoms with Crippen molar-refractivity contribution in [3.05, 3.63) is 51.8 Å². The first kappa shape index (κ1) is 19.4. The molecule has 6 heteroatoms. The van der Waals surface area contributed by atoms with E-state index in [0.717, 1.165) is 11.1 Å². The molecule has 0 atom stereocenters. The molecule has 0 fully saturated rings. The average molecular weight is 357 g/mol. The van der Waals surface area contributed by atoms with E-state index in [2.05, 4.69) is 4.98 Å². The van der Waals surface area contributed by atoms with E-state index in [0.29, 0.717) is 22.6 Å². The van der Waals surface area contributed by atoms with Crippen LogP contribution >= 0.6 is 0 Å². The van der Waals surface area contributed by atoms with Gasteiger partial charge in [-0.25, -0.2) is 4.79 Å². The van der Waals surface area contributed by atoms with E-state index in [1.165, 1.54) is 6.92 Å². The summed E-state index contributed by atoms with van der Waals surface area (Å²) >= 11 is 0. The van der Waals surface area contributed by atoms with E-state index < -0.39 is 18.4 Å². The molecule has 0 saturated carbocycles. The summed E-state index contributed by atoms with van der Waals surface area (Å²) in [5.74, 6) is -0.501. The maximum Gasteiger partial charge on any atom is 0.344 e. The highest BCUT2D eigenvalue weighted by molar-refractivity contribution is 6.04. The van der Waals surface area contributed by atoms with Gasteiger partial charge in [0.15, 0.2) is 19.0 Å². The summed E-state index contributed by atoms with van der Waals surface area (Å²) in [7, 11) is 0. The topological polar surface area (TPSA) is 85.5 Å². The second-order valence-electron chi connectivity index (χ2n) is 6.27. The second kappa shape index (κ2) is 7.99.